The zero-order chi connectivity index (χ0) is 14.6. The van der Waals surface area contributed by atoms with E-state index in [1.807, 2.05) is 31.2 Å². The zero-order valence-corrected chi connectivity index (χ0v) is 11.9. The van der Waals surface area contributed by atoms with Crippen LogP contribution in [0.1, 0.15) is 24.0 Å². The molecule has 3 nitrogen and oxygen atoms in total. The van der Waals surface area contributed by atoms with E-state index in [-0.39, 0.29) is 5.63 Å². The maximum absolute atomic E-state index is 12.1. The second-order valence-corrected chi connectivity index (χ2v) is 5.42. The molecular formula is C18H14O3. The van der Waals surface area contributed by atoms with Gasteiger partial charge < -0.3 is 8.83 Å². The molecule has 3 aromatic rings. The molecule has 0 radical (unpaired) electrons. The number of furan rings is 1. The van der Waals surface area contributed by atoms with E-state index in [4.69, 9.17) is 8.83 Å². The third-order valence-corrected chi connectivity index (χ3v) is 4.01. The third kappa shape index (κ3) is 1.70. The maximum atomic E-state index is 12.1. The molecule has 104 valence electrons. The number of rotatable bonds is 0. The molecule has 1 aliphatic rings. The van der Waals surface area contributed by atoms with Crippen molar-refractivity contribution in [3.05, 3.63) is 63.9 Å². The normalized spacial score (nSPS) is 13.5. The van der Waals surface area contributed by atoms with Crippen LogP contribution in [0.2, 0.25) is 0 Å². The Morgan fingerprint density at radius 1 is 1.05 bits per heavy atom. The smallest absolute Gasteiger partial charge is 0.343 e. The van der Waals surface area contributed by atoms with Crippen LogP contribution in [0.15, 0.2) is 50.0 Å². The number of fused-ring (bicyclic) bond motifs is 5. The number of benzene rings is 1. The van der Waals surface area contributed by atoms with Crippen molar-refractivity contribution in [3.8, 4) is 11.3 Å². The molecular weight excluding hydrogens is 264 g/mol. The molecule has 1 aromatic carbocycles. The highest BCUT2D eigenvalue weighted by Crippen LogP contribution is 2.40. The van der Waals surface area contributed by atoms with E-state index in [1.165, 1.54) is 0 Å². The highest BCUT2D eigenvalue weighted by Gasteiger charge is 2.23. The number of aryl methyl sites for hydroxylation is 1. The van der Waals surface area contributed by atoms with E-state index < -0.39 is 0 Å². The maximum Gasteiger partial charge on any atom is 0.343 e. The average molecular weight is 278 g/mol. The third-order valence-electron chi connectivity index (χ3n) is 4.01. The van der Waals surface area contributed by atoms with Gasteiger partial charge in [0, 0.05) is 17.4 Å². The van der Waals surface area contributed by atoms with Crippen LogP contribution < -0.4 is 5.63 Å². The minimum Gasteiger partial charge on any atom is -0.461 e. The van der Waals surface area contributed by atoms with Crippen molar-refractivity contribution in [1.29, 1.82) is 0 Å². The van der Waals surface area contributed by atoms with Crippen LogP contribution in [0.25, 0.3) is 27.7 Å². The molecule has 0 bridgehead atoms. The molecule has 0 amide bonds. The summed E-state index contributed by atoms with van der Waals surface area (Å²) in [6.07, 6.45) is 2.68. The first kappa shape index (κ1) is 12.2. The van der Waals surface area contributed by atoms with Crippen LogP contribution in [0, 0.1) is 6.92 Å². The Labute approximate surface area is 121 Å². The fourth-order valence-corrected chi connectivity index (χ4v) is 2.99. The summed E-state index contributed by atoms with van der Waals surface area (Å²) in [6.45, 7) is 3.99. The molecule has 3 heteroatoms. The fourth-order valence-electron chi connectivity index (χ4n) is 2.99. The highest BCUT2D eigenvalue weighted by molar-refractivity contribution is 5.98. The Bertz CT molecular complexity index is 954. The van der Waals surface area contributed by atoms with E-state index in [9.17, 15) is 4.79 Å². The summed E-state index contributed by atoms with van der Waals surface area (Å²) in [4.78, 5) is 12.1. The van der Waals surface area contributed by atoms with Gasteiger partial charge in [0.2, 0.25) is 0 Å². The molecule has 0 saturated carbocycles. The second kappa shape index (κ2) is 4.22. The predicted molar refractivity (Wildman–Crippen MR) is 82.3 cm³/mol. The Morgan fingerprint density at radius 2 is 1.81 bits per heavy atom. The van der Waals surface area contributed by atoms with Gasteiger partial charge in [0.1, 0.15) is 17.3 Å². The SMILES string of the molecule is CC1=CCc2oc(=O)c3ccccc3c2-c2oc(C)cc21. The van der Waals surface area contributed by atoms with Gasteiger partial charge in [0.25, 0.3) is 0 Å². The molecule has 2 heterocycles. The monoisotopic (exact) mass is 278 g/mol. The van der Waals surface area contributed by atoms with E-state index in [0.29, 0.717) is 17.6 Å². The van der Waals surface area contributed by atoms with Crippen molar-refractivity contribution in [1.82, 2.24) is 0 Å². The highest BCUT2D eigenvalue weighted by atomic mass is 16.4. The molecule has 2 aromatic heterocycles. The summed E-state index contributed by atoms with van der Waals surface area (Å²) < 4.78 is 11.5. The second-order valence-electron chi connectivity index (χ2n) is 5.42. The van der Waals surface area contributed by atoms with Gasteiger partial charge in [-0.05, 0) is 31.6 Å². The van der Waals surface area contributed by atoms with E-state index >= 15 is 0 Å². The summed E-state index contributed by atoms with van der Waals surface area (Å²) in [5.74, 6) is 2.33. The summed E-state index contributed by atoms with van der Waals surface area (Å²) in [5.41, 5.74) is 2.83. The lowest BCUT2D eigenvalue weighted by Gasteiger charge is -2.08. The van der Waals surface area contributed by atoms with Crippen molar-refractivity contribution in [2.75, 3.05) is 0 Å². The summed E-state index contributed by atoms with van der Waals surface area (Å²) in [5, 5.41) is 1.48. The molecule has 4 rings (SSSR count). The van der Waals surface area contributed by atoms with Crippen molar-refractivity contribution in [2.24, 2.45) is 0 Å². The molecule has 0 atom stereocenters. The first-order chi connectivity index (χ1) is 10.1. The Hall–Kier alpha value is -2.55. The van der Waals surface area contributed by atoms with E-state index in [2.05, 4.69) is 13.0 Å². The Balaban J connectivity index is 2.21. The predicted octanol–water partition coefficient (Wildman–Crippen LogP) is 4.32. The summed E-state index contributed by atoms with van der Waals surface area (Å²) in [6, 6.07) is 9.56. The van der Waals surface area contributed by atoms with Crippen LogP contribution in [0.3, 0.4) is 0 Å². The lowest BCUT2D eigenvalue weighted by Crippen LogP contribution is -2.04. The molecule has 0 N–H and O–H groups in total. The van der Waals surface area contributed by atoms with Crippen LogP contribution in [0.4, 0.5) is 0 Å². The van der Waals surface area contributed by atoms with Gasteiger partial charge in [-0.15, -0.1) is 0 Å². The van der Waals surface area contributed by atoms with Gasteiger partial charge in [0.15, 0.2) is 0 Å². The van der Waals surface area contributed by atoms with Gasteiger partial charge in [-0.3, -0.25) is 0 Å². The first-order valence-electron chi connectivity index (χ1n) is 6.98. The first-order valence-corrected chi connectivity index (χ1v) is 6.98. The van der Waals surface area contributed by atoms with Crippen molar-refractivity contribution < 1.29 is 8.83 Å². The molecule has 0 fully saturated rings. The van der Waals surface area contributed by atoms with Gasteiger partial charge in [-0.25, -0.2) is 4.79 Å². The van der Waals surface area contributed by atoms with Gasteiger partial charge in [-0.1, -0.05) is 24.3 Å². The molecule has 0 saturated heterocycles. The van der Waals surface area contributed by atoms with Crippen LogP contribution in [0.5, 0.6) is 0 Å². The molecule has 0 aliphatic heterocycles. The van der Waals surface area contributed by atoms with E-state index in [1.54, 1.807) is 6.07 Å². The van der Waals surface area contributed by atoms with Crippen LogP contribution in [-0.2, 0) is 6.42 Å². The average Bonchev–Trinajstić information content (AvgIpc) is 2.81. The van der Waals surface area contributed by atoms with E-state index in [0.717, 1.165) is 33.6 Å². The standard InChI is InChI=1S/C18H14O3/c1-10-7-8-15-16(17-14(10)9-11(2)20-17)12-5-3-4-6-13(12)18(19)21-15/h3-7,9H,8H2,1-2H3. The lowest BCUT2D eigenvalue weighted by molar-refractivity contribution is 0.475. The topological polar surface area (TPSA) is 43.4 Å². The van der Waals surface area contributed by atoms with Crippen molar-refractivity contribution in [3.63, 3.8) is 0 Å². The van der Waals surface area contributed by atoms with Crippen molar-refractivity contribution >= 4 is 16.3 Å². The zero-order valence-electron chi connectivity index (χ0n) is 11.9. The molecule has 1 aliphatic carbocycles. The van der Waals surface area contributed by atoms with Crippen LogP contribution >= 0.6 is 0 Å². The number of hydrogen-bond donors (Lipinski definition) is 0. The fraction of sp³-hybridized carbons (Fsp3) is 0.167. The Morgan fingerprint density at radius 3 is 2.62 bits per heavy atom. The molecule has 0 unspecified atom stereocenters. The minimum atomic E-state index is -0.290. The summed E-state index contributed by atoms with van der Waals surface area (Å²) in [7, 11) is 0. The summed E-state index contributed by atoms with van der Waals surface area (Å²) >= 11 is 0. The molecule has 0 spiro atoms. The van der Waals surface area contributed by atoms with Crippen LogP contribution in [-0.4, -0.2) is 0 Å². The minimum absolute atomic E-state index is 0.290. The number of hydrogen-bond acceptors (Lipinski definition) is 3. The number of allylic oxidation sites excluding steroid dienone is 2. The quantitative estimate of drug-likeness (QED) is 0.615. The van der Waals surface area contributed by atoms with Gasteiger partial charge in [0.05, 0.1) is 10.9 Å². The van der Waals surface area contributed by atoms with Crippen molar-refractivity contribution in [2.45, 2.75) is 20.3 Å². The van der Waals surface area contributed by atoms with Gasteiger partial charge in [-0.2, -0.15) is 0 Å². The molecule has 21 heavy (non-hydrogen) atoms. The van der Waals surface area contributed by atoms with Gasteiger partial charge >= 0.3 is 5.63 Å². The largest absolute Gasteiger partial charge is 0.461 e. The lowest BCUT2D eigenvalue weighted by atomic mass is 10.0. The Kier molecular flexibility index (Phi) is 2.45.